The molecule has 0 saturated heterocycles. The molecule has 31 heavy (non-hydrogen) atoms. The molecule has 0 radical (unpaired) electrons. The van der Waals surface area contributed by atoms with Crippen molar-refractivity contribution in [1.82, 2.24) is 20.5 Å². The highest BCUT2D eigenvalue weighted by Gasteiger charge is 2.30. The number of carbonyl (C=O) groups excluding carboxylic acids is 3. The molecule has 5 N–H and O–H groups in total. The lowest BCUT2D eigenvalue weighted by Crippen LogP contribution is -2.23. The van der Waals surface area contributed by atoms with E-state index in [1.807, 2.05) is 0 Å². The van der Waals surface area contributed by atoms with Gasteiger partial charge in [-0.3, -0.25) is 14.4 Å². The van der Waals surface area contributed by atoms with E-state index in [0.717, 1.165) is 12.8 Å². The summed E-state index contributed by atoms with van der Waals surface area (Å²) in [6.45, 7) is 0. The number of aromatic nitrogens is 3. The molecule has 1 aliphatic rings. The number of amides is 3. The molecule has 2 aromatic rings. The monoisotopic (exact) mass is 446 g/mol. The fourth-order valence-corrected chi connectivity index (χ4v) is 3.59. The maximum Gasteiger partial charge on any atom is 0.273 e. The second kappa shape index (κ2) is 8.63. The van der Waals surface area contributed by atoms with E-state index < -0.39 is 21.5 Å². The van der Waals surface area contributed by atoms with Gasteiger partial charge in [0.15, 0.2) is 11.5 Å². The van der Waals surface area contributed by atoms with Crippen molar-refractivity contribution in [3.63, 3.8) is 0 Å². The first kappa shape index (κ1) is 22.1. The molecule has 3 amide bonds. The van der Waals surface area contributed by atoms with E-state index in [1.54, 1.807) is 0 Å². The van der Waals surface area contributed by atoms with Gasteiger partial charge in [-0.15, -0.1) is 10.2 Å². The van der Waals surface area contributed by atoms with Gasteiger partial charge in [-0.2, -0.15) is 0 Å². The quantitative estimate of drug-likeness (QED) is 0.474. The normalized spacial score (nSPS) is 14.8. The predicted molar refractivity (Wildman–Crippen MR) is 113 cm³/mol. The zero-order valence-electron chi connectivity index (χ0n) is 17.1. The molecule has 1 aliphatic carbocycles. The summed E-state index contributed by atoms with van der Waals surface area (Å²) in [6.07, 6.45) is 3.02. The molecular weight excluding hydrogens is 424 g/mol. The summed E-state index contributed by atoms with van der Waals surface area (Å²) in [6, 6.07) is 4.17. The largest absolute Gasteiger partial charge is 0.364 e. The average Bonchev–Trinajstić information content (AvgIpc) is 3.58. The van der Waals surface area contributed by atoms with E-state index in [9.17, 15) is 18.6 Å². The highest BCUT2D eigenvalue weighted by molar-refractivity contribution is 7.93. The Kier molecular flexibility index (Phi) is 6.15. The SMILES string of the molecule is CN=S(C)(=O)c1ccc(C(N)=O)nc1Nc1cc(NC(=O)C2CC2)nnc1C(=O)NC. The molecule has 164 valence electrons. The Bertz CT molecular complexity index is 1190. The first-order valence-electron chi connectivity index (χ1n) is 9.25. The van der Waals surface area contributed by atoms with E-state index in [4.69, 9.17) is 5.73 Å². The smallest absolute Gasteiger partial charge is 0.273 e. The third kappa shape index (κ3) is 4.94. The number of primary amides is 1. The van der Waals surface area contributed by atoms with Gasteiger partial charge >= 0.3 is 0 Å². The fourth-order valence-electron chi connectivity index (χ4n) is 2.61. The summed E-state index contributed by atoms with van der Waals surface area (Å²) in [7, 11) is -0.0587. The molecule has 1 saturated carbocycles. The number of nitrogens with one attached hydrogen (secondary N) is 3. The number of nitrogens with zero attached hydrogens (tertiary/aromatic N) is 4. The van der Waals surface area contributed by atoms with E-state index in [1.165, 1.54) is 38.6 Å². The number of anilines is 3. The van der Waals surface area contributed by atoms with Crippen molar-refractivity contribution < 1.29 is 18.6 Å². The number of carbonyl (C=O) groups is 3. The van der Waals surface area contributed by atoms with Crippen LogP contribution in [0.1, 0.15) is 33.8 Å². The summed E-state index contributed by atoms with van der Waals surface area (Å²) >= 11 is 0. The molecule has 12 nitrogen and oxygen atoms in total. The van der Waals surface area contributed by atoms with Crippen molar-refractivity contribution in [1.29, 1.82) is 0 Å². The highest BCUT2D eigenvalue weighted by atomic mass is 32.2. The topological polar surface area (TPSA) is 181 Å². The lowest BCUT2D eigenvalue weighted by atomic mass is 10.2. The van der Waals surface area contributed by atoms with Crippen LogP contribution in [0.15, 0.2) is 27.5 Å². The average molecular weight is 446 g/mol. The van der Waals surface area contributed by atoms with Crippen LogP contribution in [0.25, 0.3) is 0 Å². The summed E-state index contributed by atoms with van der Waals surface area (Å²) < 4.78 is 16.8. The third-order valence-corrected chi connectivity index (χ3v) is 6.40. The van der Waals surface area contributed by atoms with Crippen LogP contribution in [-0.4, -0.2) is 57.5 Å². The summed E-state index contributed by atoms with van der Waals surface area (Å²) in [4.78, 5) is 40.3. The number of nitrogens with two attached hydrogens (primary N) is 1. The van der Waals surface area contributed by atoms with Gasteiger partial charge in [0.25, 0.3) is 11.8 Å². The third-order valence-electron chi connectivity index (χ3n) is 4.56. The molecule has 0 bridgehead atoms. The molecule has 0 aliphatic heterocycles. The summed E-state index contributed by atoms with van der Waals surface area (Å²) in [5.74, 6) is -1.47. The van der Waals surface area contributed by atoms with Crippen LogP contribution >= 0.6 is 0 Å². The van der Waals surface area contributed by atoms with Crippen molar-refractivity contribution in [2.24, 2.45) is 16.0 Å². The zero-order valence-corrected chi connectivity index (χ0v) is 17.9. The maximum absolute atomic E-state index is 12.9. The Morgan fingerprint density at radius 1 is 1.23 bits per heavy atom. The van der Waals surface area contributed by atoms with Gasteiger partial charge in [0.1, 0.15) is 11.5 Å². The molecule has 3 rings (SSSR count). The number of hydrogen-bond acceptors (Lipinski definition) is 9. The van der Waals surface area contributed by atoms with Crippen molar-refractivity contribution in [2.45, 2.75) is 17.7 Å². The van der Waals surface area contributed by atoms with Gasteiger partial charge in [0.05, 0.1) is 20.3 Å². The van der Waals surface area contributed by atoms with Crippen molar-refractivity contribution in [2.75, 3.05) is 31.0 Å². The van der Waals surface area contributed by atoms with Gasteiger partial charge in [-0.1, -0.05) is 0 Å². The zero-order chi connectivity index (χ0) is 22.8. The lowest BCUT2D eigenvalue weighted by molar-refractivity contribution is -0.117. The predicted octanol–water partition coefficient (Wildman–Crippen LogP) is 0.509. The van der Waals surface area contributed by atoms with Crippen LogP contribution in [0.3, 0.4) is 0 Å². The molecular formula is C18H22N8O4S. The van der Waals surface area contributed by atoms with Crippen molar-refractivity contribution in [3.05, 3.63) is 29.6 Å². The second-order valence-electron chi connectivity index (χ2n) is 6.85. The molecule has 13 heteroatoms. The van der Waals surface area contributed by atoms with Crippen LogP contribution in [0, 0.1) is 5.92 Å². The summed E-state index contributed by atoms with van der Waals surface area (Å²) in [5.41, 5.74) is 5.27. The Hall–Kier alpha value is -3.61. The fraction of sp³-hybridized carbons (Fsp3) is 0.333. The maximum atomic E-state index is 12.9. The Morgan fingerprint density at radius 2 is 1.94 bits per heavy atom. The first-order valence-corrected chi connectivity index (χ1v) is 11.2. The summed E-state index contributed by atoms with van der Waals surface area (Å²) in [5, 5.41) is 15.7. The highest BCUT2D eigenvalue weighted by Crippen LogP contribution is 2.31. The van der Waals surface area contributed by atoms with Gasteiger partial charge in [0, 0.05) is 32.3 Å². The van der Waals surface area contributed by atoms with Crippen LogP contribution in [0.4, 0.5) is 17.3 Å². The molecule has 0 spiro atoms. The van der Waals surface area contributed by atoms with Crippen LogP contribution in [0.5, 0.6) is 0 Å². The van der Waals surface area contributed by atoms with E-state index in [-0.39, 0.29) is 45.4 Å². The van der Waals surface area contributed by atoms with Crippen LogP contribution < -0.4 is 21.7 Å². The minimum absolute atomic E-state index is 0.00650. The second-order valence-corrected chi connectivity index (χ2v) is 9.26. The Labute approximate surface area is 178 Å². The molecule has 1 atom stereocenters. The van der Waals surface area contributed by atoms with Gasteiger partial charge < -0.3 is 21.7 Å². The van der Waals surface area contributed by atoms with Crippen LogP contribution in [-0.2, 0) is 14.5 Å². The van der Waals surface area contributed by atoms with Gasteiger partial charge in [-0.25, -0.2) is 13.6 Å². The van der Waals surface area contributed by atoms with Crippen molar-refractivity contribution in [3.8, 4) is 0 Å². The van der Waals surface area contributed by atoms with Crippen LogP contribution in [0.2, 0.25) is 0 Å². The number of hydrogen-bond donors (Lipinski definition) is 4. The molecule has 2 aromatic heterocycles. The van der Waals surface area contributed by atoms with Gasteiger partial charge in [0.2, 0.25) is 5.91 Å². The van der Waals surface area contributed by atoms with E-state index in [0.29, 0.717) is 0 Å². The van der Waals surface area contributed by atoms with E-state index >= 15 is 0 Å². The minimum Gasteiger partial charge on any atom is -0.364 e. The van der Waals surface area contributed by atoms with Gasteiger partial charge in [-0.05, 0) is 25.0 Å². The number of rotatable bonds is 7. The standard InChI is InChI=1S/C18H22N8O4S/c1-20-18(29)14-11(8-13(25-26-14)24-17(28)9-4-5-9)23-16-12(31(3,30)21-2)7-6-10(22-16)15(19)27/h6-9H,4-5H2,1-3H3,(H2,19,27)(H,20,29)(H2,22,23,24,25,28). The molecule has 0 aromatic carbocycles. The Morgan fingerprint density at radius 3 is 2.52 bits per heavy atom. The molecule has 2 heterocycles. The first-order chi connectivity index (χ1) is 14.7. The number of pyridine rings is 1. The minimum atomic E-state index is -2.87. The van der Waals surface area contributed by atoms with Crippen molar-refractivity contribution >= 4 is 44.8 Å². The lowest BCUT2D eigenvalue weighted by Gasteiger charge is -2.15. The van der Waals surface area contributed by atoms with E-state index in [2.05, 4.69) is 35.5 Å². The molecule has 1 fully saturated rings. The Balaban J connectivity index is 2.09. The molecule has 1 unspecified atom stereocenters.